The highest BCUT2D eigenvalue weighted by Gasteiger charge is 2.28. The van der Waals surface area contributed by atoms with Crippen LogP contribution in [0.2, 0.25) is 0 Å². The summed E-state index contributed by atoms with van der Waals surface area (Å²) in [7, 11) is 2.18. The van der Waals surface area contributed by atoms with Crippen molar-refractivity contribution in [2.75, 3.05) is 36.9 Å². The molecule has 6 rings (SSSR count). The lowest BCUT2D eigenvalue weighted by Gasteiger charge is -2.29. The Morgan fingerprint density at radius 2 is 1.78 bits per heavy atom. The van der Waals surface area contributed by atoms with Crippen LogP contribution < -0.4 is 15.8 Å². The smallest absolute Gasteiger partial charge is 0.259 e. The van der Waals surface area contributed by atoms with E-state index >= 15 is 0 Å². The molecule has 2 aliphatic rings. The lowest BCUT2D eigenvalue weighted by atomic mass is 9.89. The van der Waals surface area contributed by atoms with Gasteiger partial charge in [-0.05, 0) is 105 Å². The summed E-state index contributed by atoms with van der Waals surface area (Å²) in [6.45, 7) is 3.08. The van der Waals surface area contributed by atoms with Gasteiger partial charge in [-0.2, -0.15) is 0 Å². The first kappa shape index (κ1) is 23.7. The first-order valence-electron chi connectivity index (χ1n) is 13.2. The summed E-state index contributed by atoms with van der Waals surface area (Å²) in [5.74, 6) is 1.68. The highest BCUT2D eigenvalue weighted by atomic mass is 19.1. The number of halogens is 1. The first-order chi connectivity index (χ1) is 18.0. The molecular weight excluding hydrogens is 465 g/mol. The quantitative estimate of drug-likeness (QED) is 0.356. The second-order valence-corrected chi connectivity index (χ2v) is 10.3. The van der Waals surface area contributed by atoms with Gasteiger partial charge >= 0.3 is 0 Å². The third kappa shape index (κ3) is 4.83. The fourth-order valence-corrected chi connectivity index (χ4v) is 5.86. The number of hydrogen-bond acceptors (Lipinski definition) is 5. The molecule has 2 saturated heterocycles. The molecule has 0 spiro atoms. The van der Waals surface area contributed by atoms with Crippen LogP contribution in [0.4, 0.5) is 21.7 Å². The Balaban J connectivity index is 1.33. The number of aromatic nitrogens is 2. The van der Waals surface area contributed by atoms with E-state index in [0.29, 0.717) is 17.1 Å². The molecule has 0 radical (unpaired) electrons. The minimum atomic E-state index is -0.228. The Labute approximate surface area is 216 Å². The van der Waals surface area contributed by atoms with Crippen molar-refractivity contribution in [2.45, 2.75) is 37.6 Å². The molecule has 2 N–H and O–H groups in total. The molecule has 2 aromatic carbocycles. The maximum Gasteiger partial charge on any atom is 0.259 e. The van der Waals surface area contributed by atoms with Crippen LogP contribution in [0.1, 0.15) is 48.8 Å². The molecule has 190 valence electrons. The number of nitrogens with one attached hydrogen (secondary N) is 2. The number of fused-ring (bicyclic) bond motifs is 1. The largest absolute Gasteiger partial charge is 0.349 e. The van der Waals surface area contributed by atoms with E-state index in [1.807, 2.05) is 18.2 Å². The van der Waals surface area contributed by atoms with E-state index in [4.69, 9.17) is 4.98 Å². The maximum absolute atomic E-state index is 14.0. The van der Waals surface area contributed by atoms with Crippen LogP contribution in [0.5, 0.6) is 0 Å². The minimum Gasteiger partial charge on any atom is -0.349 e. The van der Waals surface area contributed by atoms with Gasteiger partial charge < -0.3 is 20.1 Å². The Hall–Kier alpha value is -3.71. The number of piperidine rings is 1. The van der Waals surface area contributed by atoms with Gasteiger partial charge in [0.1, 0.15) is 17.5 Å². The fourth-order valence-electron chi connectivity index (χ4n) is 5.86. The van der Waals surface area contributed by atoms with E-state index in [0.717, 1.165) is 54.9 Å². The van der Waals surface area contributed by atoms with Gasteiger partial charge in [0.25, 0.3) is 5.56 Å². The van der Waals surface area contributed by atoms with Gasteiger partial charge in [0.05, 0.1) is 11.4 Å². The molecule has 37 heavy (non-hydrogen) atoms. The predicted molar refractivity (Wildman–Crippen MR) is 147 cm³/mol. The standard InChI is InChI=1S/C30H32FN5O/c1-35-16-12-21(13-17-35)20-7-9-25(10-8-20)33-29-28-23(11-14-32-30(28)37)19-27(34-29)36-15-3-6-26(36)22-4-2-5-24(31)18-22/h2,4-5,7-11,14,18-19,21,26H,3,6,12-13,15-17H2,1H3,(H,32,37)(H,33,34). The summed E-state index contributed by atoms with van der Waals surface area (Å²) in [6.07, 6.45) is 5.95. The van der Waals surface area contributed by atoms with Crippen molar-refractivity contribution in [1.29, 1.82) is 0 Å². The molecule has 1 atom stereocenters. The summed E-state index contributed by atoms with van der Waals surface area (Å²) in [5, 5.41) is 4.78. The molecule has 2 fully saturated rings. The summed E-state index contributed by atoms with van der Waals surface area (Å²) in [5.41, 5.74) is 3.03. The lowest BCUT2D eigenvalue weighted by molar-refractivity contribution is 0.255. The lowest BCUT2D eigenvalue weighted by Crippen LogP contribution is -2.29. The van der Waals surface area contributed by atoms with Crippen molar-refractivity contribution >= 4 is 28.1 Å². The van der Waals surface area contributed by atoms with Crippen molar-refractivity contribution in [3.05, 3.63) is 94.2 Å². The van der Waals surface area contributed by atoms with Crippen LogP contribution in [0.3, 0.4) is 0 Å². The molecule has 4 heterocycles. The number of benzene rings is 2. The zero-order valence-electron chi connectivity index (χ0n) is 21.1. The van der Waals surface area contributed by atoms with Crippen LogP contribution in [0.15, 0.2) is 71.7 Å². The molecular formula is C30H32FN5O. The molecule has 2 aromatic heterocycles. The van der Waals surface area contributed by atoms with E-state index in [-0.39, 0.29) is 17.4 Å². The molecule has 1 unspecified atom stereocenters. The van der Waals surface area contributed by atoms with Crippen molar-refractivity contribution in [3.8, 4) is 0 Å². The topological polar surface area (TPSA) is 64.3 Å². The number of rotatable bonds is 5. The maximum atomic E-state index is 14.0. The summed E-state index contributed by atoms with van der Waals surface area (Å²) in [6, 6.07) is 19.3. The van der Waals surface area contributed by atoms with Gasteiger partial charge in [0.2, 0.25) is 0 Å². The van der Waals surface area contributed by atoms with Gasteiger partial charge in [-0.15, -0.1) is 0 Å². The molecule has 0 saturated carbocycles. The van der Waals surface area contributed by atoms with Crippen molar-refractivity contribution in [3.63, 3.8) is 0 Å². The Morgan fingerprint density at radius 3 is 2.57 bits per heavy atom. The Bertz CT molecular complexity index is 1460. The van der Waals surface area contributed by atoms with Gasteiger partial charge in [-0.3, -0.25) is 4.79 Å². The summed E-state index contributed by atoms with van der Waals surface area (Å²) >= 11 is 0. The van der Waals surface area contributed by atoms with Gasteiger partial charge in [-0.25, -0.2) is 9.37 Å². The third-order valence-corrected chi connectivity index (χ3v) is 7.88. The second-order valence-electron chi connectivity index (χ2n) is 10.3. The van der Waals surface area contributed by atoms with E-state index in [2.05, 4.69) is 51.4 Å². The van der Waals surface area contributed by atoms with Crippen LogP contribution in [-0.4, -0.2) is 41.5 Å². The third-order valence-electron chi connectivity index (χ3n) is 7.88. The molecule has 0 aliphatic carbocycles. The molecule has 0 bridgehead atoms. The van der Waals surface area contributed by atoms with Gasteiger partial charge in [0, 0.05) is 18.4 Å². The van der Waals surface area contributed by atoms with Crippen LogP contribution in [0.25, 0.3) is 10.8 Å². The minimum absolute atomic E-state index is 0.0457. The first-order valence-corrected chi connectivity index (χ1v) is 13.2. The number of aromatic amines is 1. The number of anilines is 3. The SMILES string of the molecule is CN1CCC(c2ccc(Nc3nc(N4CCCC4c4cccc(F)c4)cc4cc[nH]c(=O)c34)cc2)CC1. The van der Waals surface area contributed by atoms with Crippen molar-refractivity contribution < 1.29 is 4.39 Å². The average molecular weight is 498 g/mol. The van der Waals surface area contributed by atoms with Crippen LogP contribution in [0, 0.1) is 5.82 Å². The Kier molecular flexibility index (Phi) is 6.38. The number of nitrogens with zero attached hydrogens (tertiary/aromatic N) is 3. The van der Waals surface area contributed by atoms with E-state index in [9.17, 15) is 9.18 Å². The molecule has 0 amide bonds. The number of hydrogen-bond donors (Lipinski definition) is 2. The van der Waals surface area contributed by atoms with E-state index < -0.39 is 0 Å². The number of likely N-dealkylation sites (tertiary alicyclic amines) is 1. The van der Waals surface area contributed by atoms with E-state index in [1.165, 1.54) is 24.5 Å². The summed E-state index contributed by atoms with van der Waals surface area (Å²) in [4.78, 5) is 25.2. The van der Waals surface area contributed by atoms with Gasteiger partial charge in [-0.1, -0.05) is 24.3 Å². The van der Waals surface area contributed by atoms with Crippen LogP contribution >= 0.6 is 0 Å². The average Bonchev–Trinajstić information content (AvgIpc) is 3.40. The monoisotopic (exact) mass is 497 g/mol. The number of pyridine rings is 2. The second kappa shape index (κ2) is 9.98. The summed E-state index contributed by atoms with van der Waals surface area (Å²) < 4.78 is 14.0. The Morgan fingerprint density at radius 1 is 0.973 bits per heavy atom. The highest BCUT2D eigenvalue weighted by Crippen LogP contribution is 2.38. The highest BCUT2D eigenvalue weighted by molar-refractivity contribution is 5.94. The fraction of sp³-hybridized carbons (Fsp3) is 0.333. The normalized spacial score (nSPS) is 19.0. The number of H-pyrrole nitrogens is 1. The zero-order chi connectivity index (χ0) is 25.4. The molecule has 2 aliphatic heterocycles. The van der Waals surface area contributed by atoms with E-state index in [1.54, 1.807) is 18.3 Å². The van der Waals surface area contributed by atoms with Crippen molar-refractivity contribution in [1.82, 2.24) is 14.9 Å². The van der Waals surface area contributed by atoms with Crippen molar-refractivity contribution in [2.24, 2.45) is 0 Å². The zero-order valence-corrected chi connectivity index (χ0v) is 21.1. The van der Waals surface area contributed by atoms with Gasteiger partial charge in [0.15, 0.2) is 0 Å². The molecule has 4 aromatic rings. The van der Waals surface area contributed by atoms with Crippen LogP contribution in [-0.2, 0) is 0 Å². The molecule has 6 nitrogen and oxygen atoms in total. The predicted octanol–water partition coefficient (Wildman–Crippen LogP) is 5.96. The molecule has 7 heteroatoms.